The number of ether oxygens (including phenoxy) is 1. The summed E-state index contributed by atoms with van der Waals surface area (Å²) in [5, 5.41) is 3.17. The van der Waals surface area contributed by atoms with Gasteiger partial charge >= 0.3 is 0 Å². The number of rotatable bonds is 3. The van der Waals surface area contributed by atoms with Gasteiger partial charge in [0.2, 0.25) is 0 Å². The molecule has 0 spiro atoms. The minimum Gasteiger partial charge on any atom is -0.495 e. The van der Waals surface area contributed by atoms with Gasteiger partial charge in [0.1, 0.15) is 5.75 Å². The summed E-state index contributed by atoms with van der Waals surface area (Å²) in [5.74, 6) is 6.60. The lowest BCUT2D eigenvalue weighted by atomic mass is 10.3. The monoisotopic (exact) mass is 175 g/mol. The van der Waals surface area contributed by atoms with E-state index in [0.717, 1.165) is 11.4 Å². The molecule has 0 atom stereocenters. The molecule has 2 nitrogen and oxygen atoms in total. The zero-order valence-electron chi connectivity index (χ0n) is 7.92. The highest BCUT2D eigenvalue weighted by Gasteiger charge is 1.97. The summed E-state index contributed by atoms with van der Waals surface area (Å²) >= 11 is 0. The Morgan fingerprint density at radius 3 is 2.85 bits per heavy atom. The highest BCUT2D eigenvalue weighted by atomic mass is 16.5. The number of hydrogen-bond acceptors (Lipinski definition) is 2. The average molecular weight is 175 g/mol. The third-order valence-electron chi connectivity index (χ3n) is 1.65. The van der Waals surface area contributed by atoms with Gasteiger partial charge < -0.3 is 10.1 Å². The van der Waals surface area contributed by atoms with Gasteiger partial charge in [0, 0.05) is 0 Å². The molecule has 13 heavy (non-hydrogen) atoms. The van der Waals surface area contributed by atoms with Crippen molar-refractivity contribution >= 4 is 5.69 Å². The lowest BCUT2D eigenvalue weighted by molar-refractivity contribution is 0.416. The van der Waals surface area contributed by atoms with Crippen LogP contribution in [-0.4, -0.2) is 13.7 Å². The molecule has 68 valence electrons. The van der Waals surface area contributed by atoms with E-state index in [4.69, 9.17) is 4.74 Å². The number of anilines is 1. The molecule has 0 saturated heterocycles. The Hall–Kier alpha value is -1.62. The second kappa shape index (κ2) is 5.10. The van der Waals surface area contributed by atoms with E-state index in [2.05, 4.69) is 17.2 Å². The Morgan fingerprint density at radius 1 is 1.38 bits per heavy atom. The SMILES string of the molecule is CC#CCNc1ccccc1OC. The van der Waals surface area contributed by atoms with E-state index in [9.17, 15) is 0 Å². The van der Waals surface area contributed by atoms with Crippen molar-refractivity contribution in [3.63, 3.8) is 0 Å². The maximum atomic E-state index is 5.17. The summed E-state index contributed by atoms with van der Waals surface area (Å²) in [4.78, 5) is 0. The molecular formula is C11H13NO. The topological polar surface area (TPSA) is 21.3 Å². The number of benzene rings is 1. The van der Waals surface area contributed by atoms with Crippen molar-refractivity contribution < 1.29 is 4.74 Å². The van der Waals surface area contributed by atoms with Gasteiger partial charge in [-0.2, -0.15) is 0 Å². The van der Waals surface area contributed by atoms with Gasteiger partial charge in [-0.15, -0.1) is 5.92 Å². The van der Waals surface area contributed by atoms with Crippen LogP contribution in [0.1, 0.15) is 6.92 Å². The molecule has 2 heteroatoms. The minimum absolute atomic E-state index is 0.650. The number of nitrogens with one attached hydrogen (secondary N) is 1. The average Bonchev–Trinajstić information content (AvgIpc) is 2.19. The van der Waals surface area contributed by atoms with Gasteiger partial charge in [0.05, 0.1) is 19.3 Å². The molecule has 0 unspecified atom stereocenters. The molecule has 0 saturated carbocycles. The van der Waals surface area contributed by atoms with Gasteiger partial charge in [0.25, 0.3) is 0 Å². The van der Waals surface area contributed by atoms with E-state index in [1.807, 2.05) is 31.2 Å². The number of hydrogen-bond donors (Lipinski definition) is 1. The smallest absolute Gasteiger partial charge is 0.141 e. The van der Waals surface area contributed by atoms with Crippen molar-refractivity contribution in [2.24, 2.45) is 0 Å². The zero-order chi connectivity index (χ0) is 9.52. The summed E-state index contributed by atoms with van der Waals surface area (Å²) < 4.78 is 5.17. The summed E-state index contributed by atoms with van der Waals surface area (Å²) in [6.45, 7) is 2.47. The number of para-hydroxylation sites is 2. The highest BCUT2D eigenvalue weighted by molar-refractivity contribution is 5.56. The Bertz CT molecular complexity index is 322. The zero-order valence-corrected chi connectivity index (χ0v) is 7.92. The maximum absolute atomic E-state index is 5.17. The third kappa shape index (κ3) is 2.72. The maximum Gasteiger partial charge on any atom is 0.141 e. The van der Waals surface area contributed by atoms with Crippen LogP contribution in [-0.2, 0) is 0 Å². The van der Waals surface area contributed by atoms with Crippen LogP contribution in [0.4, 0.5) is 5.69 Å². The van der Waals surface area contributed by atoms with Gasteiger partial charge in [0.15, 0.2) is 0 Å². The predicted octanol–water partition coefficient (Wildman–Crippen LogP) is 2.13. The third-order valence-corrected chi connectivity index (χ3v) is 1.65. The molecule has 0 heterocycles. The second-order valence-corrected chi connectivity index (χ2v) is 2.48. The first-order valence-corrected chi connectivity index (χ1v) is 4.15. The standard InChI is InChI=1S/C11H13NO/c1-3-4-9-12-10-7-5-6-8-11(10)13-2/h5-8,12H,9H2,1-2H3. The van der Waals surface area contributed by atoms with Crippen LogP contribution < -0.4 is 10.1 Å². The van der Waals surface area contributed by atoms with Crippen molar-refractivity contribution in [1.82, 2.24) is 0 Å². The van der Waals surface area contributed by atoms with E-state index in [0.29, 0.717) is 6.54 Å². The Balaban J connectivity index is 2.67. The van der Waals surface area contributed by atoms with Crippen molar-refractivity contribution in [1.29, 1.82) is 0 Å². The molecule has 0 amide bonds. The molecule has 0 bridgehead atoms. The second-order valence-electron chi connectivity index (χ2n) is 2.48. The fraction of sp³-hybridized carbons (Fsp3) is 0.273. The van der Waals surface area contributed by atoms with Gasteiger partial charge in [-0.3, -0.25) is 0 Å². The van der Waals surface area contributed by atoms with Crippen LogP contribution in [0.25, 0.3) is 0 Å². The van der Waals surface area contributed by atoms with Gasteiger partial charge in [-0.1, -0.05) is 18.1 Å². The Morgan fingerprint density at radius 2 is 2.15 bits per heavy atom. The molecule has 0 radical (unpaired) electrons. The van der Waals surface area contributed by atoms with Crippen LogP contribution in [0.3, 0.4) is 0 Å². The van der Waals surface area contributed by atoms with Gasteiger partial charge in [-0.05, 0) is 19.1 Å². The summed E-state index contributed by atoms with van der Waals surface area (Å²) in [6, 6.07) is 7.79. The van der Waals surface area contributed by atoms with E-state index < -0.39 is 0 Å². The molecule has 1 aromatic carbocycles. The lowest BCUT2D eigenvalue weighted by Gasteiger charge is -2.07. The van der Waals surface area contributed by atoms with Gasteiger partial charge in [-0.25, -0.2) is 0 Å². The van der Waals surface area contributed by atoms with Crippen LogP contribution >= 0.6 is 0 Å². The molecule has 0 aliphatic rings. The summed E-state index contributed by atoms with van der Waals surface area (Å²) in [7, 11) is 1.66. The molecule has 0 fully saturated rings. The largest absolute Gasteiger partial charge is 0.495 e. The van der Waals surface area contributed by atoms with Crippen LogP contribution in [0, 0.1) is 11.8 Å². The highest BCUT2D eigenvalue weighted by Crippen LogP contribution is 2.22. The molecular weight excluding hydrogens is 162 g/mol. The Labute approximate surface area is 78.9 Å². The first-order valence-electron chi connectivity index (χ1n) is 4.15. The van der Waals surface area contributed by atoms with Crippen molar-refractivity contribution in [3.05, 3.63) is 24.3 Å². The van der Waals surface area contributed by atoms with E-state index >= 15 is 0 Å². The normalized spacial score (nSPS) is 8.46. The minimum atomic E-state index is 0.650. The fourth-order valence-corrected chi connectivity index (χ4v) is 1.02. The van der Waals surface area contributed by atoms with E-state index in [1.54, 1.807) is 7.11 Å². The summed E-state index contributed by atoms with van der Waals surface area (Å²) in [5.41, 5.74) is 0.979. The first-order chi connectivity index (χ1) is 6.38. The summed E-state index contributed by atoms with van der Waals surface area (Å²) in [6.07, 6.45) is 0. The lowest BCUT2D eigenvalue weighted by Crippen LogP contribution is -2.00. The van der Waals surface area contributed by atoms with Crippen LogP contribution in [0.5, 0.6) is 5.75 Å². The van der Waals surface area contributed by atoms with E-state index in [1.165, 1.54) is 0 Å². The molecule has 0 aliphatic heterocycles. The van der Waals surface area contributed by atoms with E-state index in [-0.39, 0.29) is 0 Å². The van der Waals surface area contributed by atoms with Crippen LogP contribution in [0.2, 0.25) is 0 Å². The molecule has 0 aliphatic carbocycles. The van der Waals surface area contributed by atoms with Crippen LogP contribution in [0.15, 0.2) is 24.3 Å². The predicted molar refractivity (Wildman–Crippen MR) is 54.9 cm³/mol. The first kappa shape index (κ1) is 9.47. The molecule has 1 aromatic rings. The van der Waals surface area contributed by atoms with Crippen molar-refractivity contribution in [2.75, 3.05) is 19.0 Å². The molecule has 1 N–H and O–H groups in total. The molecule has 0 aromatic heterocycles. The number of methoxy groups -OCH3 is 1. The van der Waals surface area contributed by atoms with Crippen molar-refractivity contribution in [2.45, 2.75) is 6.92 Å². The van der Waals surface area contributed by atoms with Crippen molar-refractivity contribution in [3.8, 4) is 17.6 Å². The Kier molecular flexibility index (Phi) is 3.72. The fourth-order valence-electron chi connectivity index (χ4n) is 1.02. The quantitative estimate of drug-likeness (QED) is 0.710. The molecule has 1 rings (SSSR count).